The van der Waals surface area contributed by atoms with Crippen LogP contribution in [0, 0.1) is 12.3 Å². The SMILES string of the molecule is [2H]c1nc(-c2cccc3c2oc2cc4c(ccc5ccccc54)cc23)cc(C([2H])([2H])C(C)(C)C)c1C([2H])([2H])[2H]. The highest BCUT2D eigenvalue weighted by atomic mass is 16.3. The standard InChI is InChI=1S/C31H27NO/c1-19-18-32-28(15-22(19)17-31(2,3)4)25-11-7-10-24-27-14-21-13-12-20-8-5-6-9-23(20)26(21)16-29(27)33-30(24)25/h5-16,18H,17H2,1-4H3/i1D3,17D2,18D. The Bertz CT molecular complexity index is 1930. The zero-order chi connectivity index (χ0) is 27.9. The fourth-order valence-electron chi connectivity index (χ4n) is 4.56. The van der Waals surface area contributed by atoms with Crippen molar-refractivity contribution < 1.29 is 12.6 Å². The number of nitrogens with zero attached hydrogens (tertiary/aromatic N) is 1. The lowest BCUT2D eigenvalue weighted by atomic mass is 9.86. The molecule has 0 amide bonds. The van der Waals surface area contributed by atoms with Crippen LogP contribution in [0.5, 0.6) is 0 Å². The summed E-state index contributed by atoms with van der Waals surface area (Å²) < 4.78 is 56.8. The van der Waals surface area contributed by atoms with Gasteiger partial charge in [-0.25, -0.2) is 0 Å². The van der Waals surface area contributed by atoms with Gasteiger partial charge in [-0.15, -0.1) is 0 Å². The van der Waals surface area contributed by atoms with E-state index in [1.807, 2.05) is 36.4 Å². The molecule has 33 heavy (non-hydrogen) atoms. The van der Waals surface area contributed by atoms with Crippen molar-refractivity contribution in [2.45, 2.75) is 34.0 Å². The van der Waals surface area contributed by atoms with Gasteiger partial charge >= 0.3 is 0 Å². The third-order valence-corrected chi connectivity index (χ3v) is 5.99. The molecule has 6 aromatic rings. The number of hydrogen-bond donors (Lipinski definition) is 0. The molecule has 0 spiro atoms. The van der Waals surface area contributed by atoms with Crippen LogP contribution in [0.25, 0.3) is 54.7 Å². The van der Waals surface area contributed by atoms with E-state index in [-0.39, 0.29) is 11.1 Å². The summed E-state index contributed by atoms with van der Waals surface area (Å²) in [6.45, 7) is 2.46. The molecule has 0 fully saturated rings. The largest absolute Gasteiger partial charge is 0.455 e. The minimum absolute atomic E-state index is 0.0460. The molecule has 0 aliphatic heterocycles. The summed E-state index contributed by atoms with van der Waals surface area (Å²) in [5.41, 5.74) is 0.813. The fraction of sp³-hybridized carbons (Fsp3) is 0.194. The first kappa shape index (κ1) is 14.5. The number of pyridine rings is 1. The first-order valence-corrected chi connectivity index (χ1v) is 11.1. The zero-order valence-electron chi connectivity index (χ0n) is 24.8. The van der Waals surface area contributed by atoms with Gasteiger partial charge < -0.3 is 4.42 Å². The van der Waals surface area contributed by atoms with Crippen molar-refractivity contribution in [2.75, 3.05) is 0 Å². The Kier molecular flexibility index (Phi) is 3.15. The van der Waals surface area contributed by atoms with Crippen molar-refractivity contribution in [3.8, 4) is 11.3 Å². The monoisotopic (exact) mass is 435 g/mol. The topological polar surface area (TPSA) is 26.0 Å². The van der Waals surface area contributed by atoms with Gasteiger partial charge in [-0.3, -0.25) is 4.98 Å². The lowest BCUT2D eigenvalue weighted by Crippen LogP contribution is -2.10. The smallest absolute Gasteiger partial charge is 0.144 e. The number of rotatable bonds is 2. The van der Waals surface area contributed by atoms with Crippen molar-refractivity contribution in [3.63, 3.8) is 0 Å². The third-order valence-electron chi connectivity index (χ3n) is 5.99. The molecule has 0 saturated carbocycles. The fourth-order valence-corrected chi connectivity index (χ4v) is 4.56. The summed E-state index contributed by atoms with van der Waals surface area (Å²) in [6.07, 6.45) is -2.49. The molecule has 162 valence electrons. The number of para-hydroxylation sites is 1. The van der Waals surface area contributed by atoms with Crippen molar-refractivity contribution >= 4 is 43.5 Å². The number of hydrogen-bond acceptors (Lipinski definition) is 2. The van der Waals surface area contributed by atoms with Crippen LogP contribution in [0.2, 0.25) is 0 Å². The summed E-state index contributed by atoms with van der Waals surface area (Å²) in [7, 11) is 0. The van der Waals surface area contributed by atoms with Crippen LogP contribution in [0.15, 0.2) is 83.4 Å². The molecule has 0 atom stereocenters. The second-order valence-electron chi connectivity index (χ2n) is 9.56. The van der Waals surface area contributed by atoms with E-state index in [1.54, 1.807) is 20.8 Å². The molecule has 4 aromatic carbocycles. The summed E-state index contributed by atoms with van der Waals surface area (Å²) in [6, 6.07) is 23.7. The average Bonchev–Trinajstić information content (AvgIpc) is 3.23. The second kappa shape index (κ2) is 7.18. The minimum atomic E-state index is -2.69. The van der Waals surface area contributed by atoms with Crippen LogP contribution >= 0.6 is 0 Å². The third kappa shape index (κ3) is 3.38. The van der Waals surface area contributed by atoms with Crippen LogP contribution in [0.4, 0.5) is 0 Å². The molecule has 0 N–H and O–H groups in total. The number of fused-ring (bicyclic) bond motifs is 6. The van der Waals surface area contributed by atoms with Gasteiger partial charge in [0.05, 0.1) is 7.06 Å². The minimum Gasteiger partial charge on any atom is -0.455 e. The van der Waals surface area contributed by atoms with Gasteiger partial charge in [0.1, 0.15) is 11.2 Å². The van der Waals surface area contributed by atoms with E-state index in [9.17, 15) is 0 Å². The van der Waals surface area contributed by atoms with Crippen LogP contribution in [-0.2, 0) is 6.37 Å². The molecular weight excluding hydrogens is 402 g/mol. The van der Waals surface area contributed by atoms with Crippen molar-refractivity contribution in [3.05, 3.63) is 90.1 Å². The zero-order valence-corrected chi connectivity index (χ0v) is 18.8. The van der Waals surface area contributed by atoms with Gasteiger partial charge in [-0.1, -0.05) is 69.3 Å². The van der Waals surface area contributed by atoms with Crippen LogP contribution < -0.4 is 0 Å². The predicted octanol–water partition coefficient (Wildman–Crippen LogP) is 8.85. The number of benzene rings is 4. The maximum atomic E-state index is 8.88. The van der Waals surface area contributed by atoms with E-state index in [2.05, 4.69) is 35.3 Å². The van der Waals surface area contributed by atoms with Gasteiger partial charge in [0, 0.05) is 29.4 Å². The molecular formula is C31H27NO. The first-order valence-electron chi connectivity index (χ1n) is 14.1. The normalized spacial score (nSPS) is 15.8. The average molecular weight is 436 g/mol. The maximum Gasteiger partial charge on any atom is 0.144 e. The molecule has 0 aliphatic carbocycles. The van der Waals surface area contributed by atoms with E-state index in [1.165, 1.54) is 6.07 Å². The van der Waals surface area contributed by atoms with Gasteiger partial charge in [0.25, 0.3) is 0 Å². The van der Waals surface area contributed by atoms with Crippen LogP contribution in [0.1, 0.15) is 40.1 Å². The summed E-state index contributed by atoms with van der Waals surface area (Å²) in [5, 5.41) is 6.24. The molecule has 0 radical (unpaired) electrons. The molecule has 0 aliphatic rings. The Balaban J connectivity index is 1.64. The lowest BCUT2D eigenvalue weighted by molar-refractivity contribution is 0.410. The van der Waals surface area contributed by atoms with Gasteiger partial charge in [0.2, 0.25) is 0 Å². The van der Waals surface area contributed by atoms with Crippen LogP contribution in [-0.4, -0.2) is 4.98 Å². The lowest BCUT2D eigenvalue weighted by Gasteiger charge is -2.20. The van der Waals surface area contributed by atoms with E-state index < -0.39 is 24.8 Å². The van der Waals surface area contributed by atoms with E-state index >= 15 is 0 Å². The maximum absolute atomic E-state index is 8.88. The highest BCUT2D eigenvalue weighted by molar-refractivity contribution is 6.17. The summed E-state index contributed by atoms with van der Waals surface area (Å²) >= 11 is 0. The van der Waals surface area contributed by atoms with Crippen molar-refractivity contribution in [1.29, 1.82) is 0 Å². The van der Waals surface area contributed by atoms with E-state index in [0.29, 0.717) is 22.4 Å². The molecule has 0 bridgehead atoms. The summed E-state index contributed by atoms with van der Waals surface area (Å²) in [5.74, 6) is 0. The Morgan fingerprint density at radius 1 is 0.879 bits per heavy atom. The summed E-state index contributed by atoms with van der Waals surface area (Å²) in [4.78, 5) is 4.36. The first-order chi connectivity index (χ1) is 18.3. The predicted molar refractivity (Wildman–Crippen MR) is 140 cm³/mol. The Morgan fingerprint density at radius 3 is 2.55 bits per heavy atom. The Hall–Kier alpha value is -3.65. The molecule has 2 aromatic heterocycles. The molecule has 6 rings (SSSR count). The van der Waals surface area contributed by atoms with Crippen LogP contribution in [0.3, 0.4) is 0 Å². The van der Waals surface area contributed by atoms with Gasteiger partial charge in [-0.05, 0) is 75.6 Å². The second-order valence-corrected chi connectivity index (χ2v) is 9.56. The highest BCUT2D eigenvalue weighted by Gasteiger charge is 2.17. The quantitative estimate of drug-likeness (QED) is 0.254. The molecule has 2 heteroatoms. The van der Waals surface area contributed by atoms with Gasteiger partial charge in [0.15, 0.2) is 0 Å². The Morgan fingerprint density at radius 2 is 1.70 bits per heavy atom. The highest BCUT2D eigenvalue weighted by Crippen LogP contribution is 2.39. The molecule has 0 saturated heterocycles. The molecule has 2 heterocycles. The molecule has 0 unspecified atom stereocenters. The number of furan rings is 1. The van der Waals surface area contributed by atoms with Crippen molar-refractivity contribution in [2.24, 2.45) is 5.41 Å². The van der Waals surface area contributed by atoms with E-state index in [4.69, 9.17) is 12.6 Å². The van der Waals surface area contributed by atoms with Gasteiger partial charge in [-0.2, -0.15) is 0 Å². The number of aromatic nitrogens is 1. The van der Waals surface area contributed by atoms with Crippen molar-refractivity contribution in [1.82, 2.24) is 4.98 Å². The van der Waals surface area contributed by atoms with E-state index in [0.717, 1.165) is 32.3 Å². The Labute approximate surface area is 202 Å². The molecule has 2 nitrogen and oxygen atoms in total.